The summed E-state index contributed by atoms with van der Waals surface area (Å²) < 4.78 is 0. The molecule has 0 bridgehead atoms. The fourth-order valence-corrected chi connectivity index (χ4v) is 2.51. The first-order valence-electron chi connectivity index (χ1n) is 5.51. The van der Waals surface area contributed by atoms with Gasteiger partial charge >= 0.3 is 6.03 Å². The molecule has 3 amide bonds. The number of hydrogen-bond donors (Lipinski definition) is 2. The van der Waals surface area contributed by atoms with Gasteiger partial charge in [-0.3, -0.25) is 4.79 Å². The number of likely N-dealkylation sites (tertiary alicyclic amines) is 1. The van der Waals surface area contributed by atoms with Crippen LogP contribution >= 0.6 is 11.6 Å². The smallest absolute Gasteiger partial charge is 0.317 e. The van der Waals surface area contributed by atoms with Gasteiger partial charge in [-0.15, -0.1) is 11.6 Å². The number of carbonyl (C=O) groups excluding carboxylic acids is 2. The van der Waals surface area contributed by atoms with Crippen LogP contribution in [0.1, 0.15) is 12.8 Å². The van der Waals surface area contributed by atoms with Gasteiger partial charge in [-0.2, -0.15) is 0 Å². The van der Waals surface area contributed by atoms with Crippen LogP contribution < -0.4 is 10.6 Å². The van der Waals surface area contributed by atoms with E-state index >= 15 is 0 Å². The third-order valence-corrected chi connectivity index (χ3v) is 3.48. The molecule has 90 valence electrons. The summed E-state index contributed by atoms with van der Waals surface area (Å²) >= 11 is 5.50. The van der Waals surface area contributed by atoms with Gasteiger partial charge in [0.15, 0.2) is 0 Å². The standard InChI is InChI=1S/C10H16ClN3O2/c11-2-3-12-9(16)14-4-1-10(7-14)5-8(15)13-6-10/h1-7H2,(H,12,16)(H,13,15). The summed E-state index contributed by atoms with van der Waals surface area (Å²) in [5.41, 5.74) is -0.0185. The van der Waals surface area contributed by atoms with E-state index in [2.05, 4.69) is 10.6 Å². The lowest BCUT2D eigenvalue weighted by Gasteiger charge is -2.21. The molecule has 6 heteroatoms. The molecular weight excluding hydrogens is 230 g/mol. The predicted octanol–water partition coefficient (Wildman–Crippen LogP) is 0.147. The summed E-state index contributed by atoms with van der Waals surface area (Å²) in [6.45, 7) is 2.58. The van der Waals surface area contributed by atoms with Crippen molar-refractivity contribution >= 4 is 23.5 Å². The molecule has 2 heterocycles. The highest BCUT2D eigenvalue weighted by Gasteiger charge is 2.44. The van der Waals surface area contributed by atoms with E-state index in [1.54, 1.807) is 4.90 Å². The molecular formula is C10H16ClN3O2. The molecule has 0 saturated carbocycles. The highest BCUT2D eigenvalue weighted by Crippen LogP contribution is 2.36. The molecule has 2 aliphatic heterocycles. The third kappa shape index (κ3) is 2.24. The van der Waals surface area contributed by atoms with Crippen molar-refractivity contribution in [2.45, 2.75) is 12.8 Å². The molecule has 2 rings (SSSR count). The lowest BCUT2D eigenvalue weighted by atomic mass is 9.86. The van der Waals surface area contributed by atoms with Gasteiger partial charge < -0.3 is 15.5 Å². The molecule has 1 atom stereocenters. The minimum atomic E-state index is -0.0723. The van der Waals surface area contributed by atoms with Crippen LogP contribution in [0.2, 0.25) is 0 Å². The highest BCUT2D eigenvalue weighted by atomic mass is 35.5. The predicted molar refractivity (Wildman–Crippen MR) is 60.4 cm³/mol. The Morgan fingerprint density at radius 3 is 3.06 bits per heavy atom. The Balaban J connectivity index is 1.88. The lowest BCUT2D eigenvalue weighted by molar-refractivity contribution is -0.119. The van der Waals surface area contributed by atoms with Crippen molar-refractivity contribution in [2.75, 3.05) is 32.1 Å². The van der Waals surface area contributed by atoms with E-state index in [1.807, 2.05) is 0 Å². The van der Waals surface area contributed by atoms with Crippen LogP contribution in [0, 0.1) is 5.41 Å². The number of carbonyl (C=O) groups is 2. The van der Waals surface area contributed by atoms with Gasteiger partial charge in [-0.05, 0) is 6.42 Å². The van der Waals surface area contributed by atoms with Crippen molar-refractivity contribution in [2.24, 2.45) is 5.41 Å². The fourth-order valence-electron chi connectivity index (χ4n) is 2.41. The summed E-state index contributed by atoms with van der Waals surface area (Å²) in [4.78, 5) is 24.7. The molecule has 0 aliphatic carbocycles. The number of rotatable bonds is 2. The Kier molecular flexibility index (Phi) is 3.23. The van der Waals surface area contributed by atoms with E-state index < -0.39 is 0 Å². The minimum Gasteiger partial charge on any atom is -0.355 e. The van der Waals surface area contributed by atoms with Crippen LogP contribution in [-0.4, -0.2) is 48.9 Å². The number of nitrogens with one attached hydrogen (secondary N) is 2. The number of nitrogens with zero attached hydrogens (tertiary/aromatic N) is 1. The molecule has 0 aromatic carbocycles. The average molecular weight is 246 g/mol. The Morgan fingerprint density at radius 2 is 2.44 bits per heavy atom. The van der Waals surface area contributed by atoms with Crippen LogP contribution in [0.25, 0.3) is 0 Å². The molecule has 0 aromatic rings. The van der Waals surface area contributed by atoms with Gasteiger partial charge in [0.2, 0.25) is 5.91 Å². The van der Waals surface area contributed by atoms with Crippen molar-refractivity contribution in [3.05, 3.63) is 0 Å². The maximum absolute atomic E-state index is 11.7. The number of urea groups is 1. The van der Waals surface area contributed by atoms with Gasteiger partial charge in [0, 0.05) is 43.9 Å². The second-order valence-electron chi connectivity index (χ2n) is 4.55. The molecule has 0 aromatic heterocycles. The average Bonchev–Trinajstić information content (AvgIpc) is 2.83. The van der Waals surface area contributed by atoms with E-state index in [0.29, 0.717) is 31.9 Å². The monoisotopic (exact) mass is 245 g/mol. The molecule has 16 heavy (non-hydrogen) atoms. The quantitative estimate of drug-likeness (QED) is 0.681. The highest BCUT2D eigenvalue weighted by molar-refractivity contribution is 6.18. The Bertz CT molecular complexity index is 310. The first kappa shape index (κ1) is 11.5. The van der Waals surface area contributed by atoms with Crippen LogP contribution in [0.4, 0.5) is 4.79 Å². The maximum Gasteiger partial charge on any atom is 0.317 e. The number of alkyl halides is 1. The van der Waals surface area contributed by atoms with E-state index in [4.69, 9.17) is 11.6 Å². The number of halogens is 1. The van der Waals surface area contributed by atoms with Gasteiger partial charge in [-0.1, -0.05) is 0 Å². The van der Waals surface area contributed by atoms with E-state index in [9.17, 15) is 9.59 Å². The summed E-state index contributed by atoms with van der Waals surface area (Å²) in [6, 6.07) is -0.0723. The zero-order valence-electron chi connectivity index (χ0n) is 9.09. The Labute approximate surface area is 99.5 Å². The molecule has 5 nitrogen and oxygen atoms in total. The summed E-state index contributed by atoms with van der Waals surface area (Å²) in [6.07, 6.45) is 1.45. The molecule has 1 unspecified atom stereocenters. The van der Waals surface area contributed by atoms with Crippen molar-refractivity contribution in [1.82, 2.24) is 15.5 Å². The zero-order chi connectivity index (χ0) is 11.6. The largest absolute Gasteiger partial charge is 0.355 e. The van der Waals surface area contributed by atoms with Crippen molar-refractivity contribution in [1.29, 1.82) is 0 Å². The van der Waals surface area contributed by atoms with E-state index in [1.165, 1.54) is 0 Å². The summed E-state index contributed by atoms with van der Waals surface area (Å²) in [5.74, 6) is 0.521. The SMILES string of the molecule is O=C1CC2(CCN(C(=O)NCCCl)C2)CN1. The first-order valence-corrected chi connectivity index (χ1v) is 6.04. The summed E-state index contributed by atoms with van der Waals surface area (Å²) in [7, 11) is 0. The zero-order valence-corrected chi connectivity index (χ0v) is 9.85. The minimum absolute atomic E-state index is 0.0185. The number of hydrogen-bond acceptors (Lipinski definition) is 2. The molecule has 2 fully saturated rings. The maximum atomic E-state index is 11.7. The first-order chi connectivity index (χ1) is 7.65. The molecule has 2 N–H and O–H groups in total. The topological polar surface area (TPSA) is 61.4 Å². The van der Waals surface area contributed by atoms with E-state index in [0.717, 1.165) is 13.0 Å². The second-order valence-corrected chi connectivity index (χ2v) is 4.92. The Hall–Kier alpha value is -0.970. The third-order valence-electron chi connectivity index (χ3n) is 3.29. The van der Waals surface area contributed by atoms with Crippen LogP contribution in [0.3, 0.4) is 0 Å². The number of amides is 3. The molecule has 0 radical (unpaired) electrons. The second kappa shape index (κ2) is 4.49. The lowest BCUT2D eigenvalue weighted by Crippen LogP contribution is -2.40. The molecule has 1 spiro atoms. The molecule has 2 saturated heterocycles. The van der Waals surface area contributed by atoms with Gasteiger partial charge in [0.25, 0.3) is 0 Å². The van der Waals surface area contributed by atoms with E-state index in [-0.39, 0.29) is 17.4 Å². The Morgan fingerprint density at radius 1 is 1.62 bits per heavy atom. The summed E-state index contributed by atoms with van der Waals surface area (Å²) in [5, 5.41) is 5.58. The van der Waals surface area contributed by atoms with Crippen molar-refractivity contribution in [3.63, 3.8) is 0 Å². The van der Waals surface area contributed by atoms with Crippen LogP contribution in [0.5, 0.6) is 0 Å². The van der Waals surface area contributed by atoms with Gasteiger partial charge in [-0.25, -0.2) is 4.79 Å². The normalized spacial score (nSPS) is 28.6. The van der Waals surface area contributed by atoms with Gasteiger partial charge in [0.05, 0.1) is 0 Å². The van der Waals surface area contributed by atoms with Crippen LogP contribution in [0.15, 0.2) is 0 Å². The van der Waals surface area contributed by atoms with Gasteiger partial charge in [0.1, 0.15) is 0 Å². The van der Waals surface area contributed by atoms with Crippen LogP contribution in [-0.2, 0) is 4.79 Å². The van der Waals surface area contributed by atoms with Crippen molar-refractivity contribution < 1.29 is 9.59 Å². The molecule has 2 aliphatic rings. The fraction of sp³-hybridized carbons (Fsp3) is 0.800. The van der Waals surface area contributed by atoms with Crippen molar-refractivity contribution in [3.8, 4) is 0 Å².